The van der Waals surface area contributed by atoms with Crippen molar-refractivity contribution < 1.29 is 14.3 Å². The van der Waals surface area contributed by atoms with E-state index in [2.05, 4.69) is 32.3 Å². The Morgan fingerprint density at radius 1 is 1.34 bits per heavy atom. The van der Waals surface area contributed by atoms with Crippen LogP contribution in [0.3, 0.4) is 0 Å². The van der Waals surface area contributed by atoms with Crippen LogP contribution in [0.4, 0.5) is 10.6 Å². The lowest BCUT2D eigenvalue weighted by Gasteiger charge is -2.20. The first-order chi connectivity index (χ1) is 17.8. The second-order valence-corrected chi connectivity index (χ2v) is 9.88. The van der Waals surface area contributed by atoms with Crippen LogP contribution < -0.4 is 10.6 Å². The van der Waals surface area contributed by atoms with E-state index >= 15 is 0 Å². The number of nitrogens with one attached hydrogen (secondary N) is 2. The monoisotopic (exact) mass is 519 g/mol. The van der Waals surface area contributed by atoms with E-state index in [-0.39, 0.29) is 23.8 Å². The number of aliphatic imine (C=N–C) groups is 1. The molecule has 202 valence electrons. The Labute approximate surface area is 224 Å². The molecule has 38 heavy (non-hydrogen) atoms. The number of rotatable bonds is 10. The van der Waals surface area contributed by atoms with Crippen LogP contribution in [0.25, 0.3) is 0 Å². The molecule has 1 atom stereocenters. The first kappa shape index (κ1) is 30.0. The van der Waals surface area contributed by atoms with Crippen LogP contribution in [0.2, 0.25) is 0 Å². The van der Waals surface area contributed by atoms with Gasteiger partial charge >= 0.3 is 6.09 Å². The van der Waals surface area contributed by atoms with Gasteiger partial charge in [0.2, 0.25) is 0 Å². The lowest BCUT2D eigenvalue weighted by atomic mass is 10.1. The fourth-order valence-electron chi connectivity index (χ4n) is 3.46. The van der Waals surface area contributed by atoms with Crippen LogP contribution >= 0.6 is 0 Å². The average molecular weight is 520 g/mol. The maximum atomic E-state index is 13.0. The van der Waals surface area contributed by atoms with Crippen molar-refractivity contribution in [1.29, 1.82) is 5.26 Å². The van der Waals surface area contributed by atoms with E-state index in [0.717, 1.165) is 17.5 Å². The second kappa shape index (κ2) is 13.3. The van der Waals surface area contributed by atoms with E-state index in [9.17, 15) is 14.9 Å². The number of anilines is 1. The number of pyridine rings is 1. The average Bonchev–Trinajstić information content (AvgIpc) is 3.25. The second-order valence-electron chi connectivity index (χ2n) is 9.88. The molecule has 2 heterocycles. The van der Waals surface area contributed by atoms with Crippen molar-refractivity contribution in [2.75, 3.05) is 5.32 Å². The van der Waals surface area contributed by atoms with Crippen molar-refractivity contribution in [3.8, 4) is 6.07 Å². The highest BCUT2D eigenvalue weighted by atomic mass is 16.6. The van der Waals surface area contributed by atoms with Crippen LogP contribution in [0, 0.1) is 25.2 Å². The van der Waals surface area contributed by atoms with Gasteiger partial charge in [-0.3, -0.25) is 19.8 Å². The van der Waals surface area contributed by atoms with Crippen LogP contribution in [0.1, 0.15) is 86.4 Å². The number of hydrogen-bond donors (Lipinski definition) is 2. The molecular weight excluding hydrogens is 482 g/mol. The SMILES string of the molecule is C=C(/C=C\CC)/N=C\CC(C)n1cc(C(=O)NCc2c(C)cc(NC(=O)OC(C)(C)C)nc2C)c(C#N)n1. The summed E-state index contributed by atoms with van der Waals surface area (Å²) in [5.41, 5.74) is 2.56. The van der Waals surface area contributed by atoms with Crippen molar-refractivity contribution in [2.45, 2.75) is 79.5 Å². The molecule has 0 aliphatic carbocycles. The summed E-state index contributed by atoms with van der Waals surface area (Å²) >= 11 is 0. The number of aryl methyl sites for hydroxylation is 2. The number of aromatic nitrogens is 3. The molecule has 1 unspecified atom stereocenters. The zero-order chi connectivity index (χ0) is 28.5. The summed E-state index contributed by atoms with van der Waals surface area (Å²) in [7, 11) is 0. The highest BCUT2D eigenvalue weighted by Crippen LogP contribution is 2.19. The Morgan fingerprint density at radius 2 is 2.05 bits per heavy atom. The van der Waals surface area contributed by atoms with Gasteiger partial charge in [0.15, 0.2) is 5.69 Å². The molecule has 2 amide bonds. The Morgan fingerprint density at radius 3 is 2.66 bits per heavy atom. The van der Waals surface area contributed by atoms with Gasteiger partial charge in [0, 0.05) is 31.1 Å². The summed E-state index contributed by atoms with van der Waals surface area (Å²) in [5.74, 6) is -0.0543. The van der Waals surface area contributed by atoms with E-state index in [1.165, 1.54) is 0 Å². The number of allylic oxidation sites excluding steroid dienone is 2. The van der Waals surface area contributed by atoms with Crippen LogP contribution in [0.15, 0.2) is 41.7 Å². The number of hydrogen-bond acceptors (Lipinski definition) is 7. The predicted octanol–water partition coefficient (Wildman–Crippen LogP) is 5.55. The van der Waals surface area contributed by atoms with Crippen molar-refractivity contribution >= 4 is 24.0 Å². The molecule has 2 N–H and O–H groups in total. The molecule has 0 aliphatic rings. The number of amides is 2. The van der Waals surface area contributed by atoms with Crippen LogP contribution in [-0.2, 0) is 11.3 Å². The zero-order valence-corrected chi connectivity index (χ0v) is 23.3. The van der Waals surface area contributed by atoms with E-state index < -0.39 is 17.6 Å². The summed E-state index contributed by atoms with van der Waals surface area (Å²) < 4.78 is 6.87. The summed E-state index contributed by atoms with van der Waals surface area (Å²) in [6, 6.07) is 3.60. The van der Waals surface area contributed by atoms with Crippen molar-refractivity contribution in [3.05, 3.63) is 64.8 Å². The predicted molar refractivity (Wildman–Crippen MR) is 148 cm³/mol. The Balaban J connectivity index is 2.07. The first-order valence-electron chi connectivity index (χ1n) is 12.5. The molecule has 0 bridgehead atoms. The fourth-order valence-corrected chi connectivity index (χ4v) is 3.46. The quantitative estimate of drug-likeness (QED) is 0.312. The van der Waals surface area contributed by atoms with E-state index in [1.807, 2.05) is 39.0 Å². The third-order valence-corrected chi connectivity index (χ3v) is 5.39. The normalized spacial score (nSPS) is 12.4. The van der Waals surface area contributed by atoms with E-state index in [1.54, 1.807) is 50.9 Å². The molecule has 10 nitrogen and oxygen atoms in total. The van der Waals surface area contributed by atoms with Gasteiger partial charge in [-0.25, -0.2) is 9.78 Å². The molecule has 2 aromatic heterocycles. The van der Waals surface area contributed by atoms with E-state index in [4.69, 9.17) is 4.74 Å². The summed E-state index contributed by atoms with van der Waals surface area (Å²) in [6.45, 7) is 17.0. The van der Waals surface area contributed by atoms with Gasteiger partial charge < -0.3 is 10.1 Å². The number of carbonyl (C=O) groups is 2. The zero-order valence-electron chi connectivity index (χ0n) is 23.3. The largest absolute Gasteiger partial charge is 0.444 e. The molecule has 0 spiro atoms. The number of nitrogens with zero attached hydrogens (tertiary/aromatic N) is 5. The van der Waals surface area contributed by atoms with Crippen molar-refractivity contribution in [1.82, 2.24) is 20.1 Å². The molecule has 0 aliphatic heterocycles. The Kier molecular flexibility index (Phi) is 10.5. The maximum absolute atomic E-state index is 13.0. The van der Waals surface area contributed by atoms with Gasteiger partial charge in [0.25, 0.3) is 5.91 Å². The summed E-state index contributed by atoms with van der Waals surface area (Å²) in [4.78, 5) is 33.7. The number of ether oxygens (including phenoxy) is 1. The molecule has 0 saturated carbocycles. The minimum atomic E-state index is -0.624. The molecule has 2 aromatic rings. The first-order valence-corrected chi connectivity index (χ1v) is 12.5. The third-order valence-electron chi connectivity index (χ3n) is 5.39. The lowest BCUT2D eigenvalue weighted by Crippen LogP contribution is -2.28. The summed E-state index contributed by atoms with van der Waals surface area (Å²) in [6.07, 6.45) is 8.03. The molecule has 0 saturated heterocycles. The molecule has 0 aromatic carbocycles. The van der Waals surface area contributed by atoms with Gasteiger partial charge in [-0.2, -0.15) is 10.4 Å². The summed E-state index contributed by atoms with van der Waals surface area (Å²) in [5, 5.41) is 19.3. The topological polar surface area (TPSA) is 134 Å². The van der Waals surface area contributed by atoms with Crippen molar-refractivity contribution in [3.63, 3.8) is 0 Å². The molecule has 0 radical (unpaired) electrons. The minimum Gasteiger partial charge on any atom is -0.444 e. The van der Waals surface area contributed by atoms with Crippen LogP contribution in [-0.4, -0.2) is 38.6 Å². The molecule has 10 heteroatoms. The van der Waals surface area contributed by atoms with Gasteiger partial charge in [-0.15, -0.1) is 0 Å². The van der Waals surface area contributed by atoms with Gasteiger partial charge in [0.1, 0.15) is 17.5 Å². The molecule has 2 rings (SSSR count). The lowest BCUT2D eigenvalue weighted by molar-refractivity contribution is 0.0635. The Bertz CT molecular complexity index is 1250. The highest BCUT2D eigenvalue weighted by molar-refractivity contribution is 5.96. The molecule has 0 fully saturated rings. The smallest absolute Gasteiger partial charge is 0.413 e. The van der Waals surface area contributed by atoms with E-state index in [0.29, 0.717) is 23.6 Å². The third kappa shape index (κ3) is 9.00. The number of nitriles is 1. The standard InChI is InChI=1S/C28H37N7O3/c1-9-10-11-19(3)30-13-12-20(4)35-17-23(24(15-29)34-35)26(36)31-16-22-18(2)14-25(32-21(22)5)33-27(37)38-28(6,7)8/h10-11,13-14,17,20H,3,9,12,16H2,1-2,4-8H3,(H,31,36)(H,32,33,37)/b11-10-,30-13-. The highest BCUT2D eigenvalue weighted by Gasteiger charge is 2.20. The number of carbonyl (C=O) groups excluding carboxylic acids is 2. The van der Waals surface area contributed by atoms with Crippen LogP contribution in [0.5, 0.6) is 0 Å². The van der Waals surface area contributed by atoms with Gasteiger partial charge in [-0.1, -0.05) is 19.6 Å². The van der Waals surface area contributed by atoms with Crippen molar-refractivity contribution in [2.24, 2.45) is 4.99 Å². The Hall–Kier alpha value is -4.26. The molecular formula is C28H37N7O3. The van der Waals surface area contributed by atoms with Gasteiger partial charge in [0.05, 0.1) is 17.3 Å². The maximum Gasteiger partial charge on any atom is 0.413 e. The minimum absolute atomic E-state index is 0.0463. The van der Waals surface area contributed by atoms with Gasteiger partial charge in [-0.05, 0) is 71.2 Å². The fraction of sp³-hybridized carbons (Fsp3) is 0.429.